The van der Waals surface area contributed by atoms with Crippen LogP contribution in [0.2, 0.25) is 0 Å². The molecule has 0 saturated heterocycles. The molecule has 68 valence electrons. The molecular formula is C9H20OS. The third-order valence-electron chi connectivity index (χ3n) is 1.98. The minimum Gasteiger partial charge on any atom is -0.267 e. The maximum absolute atomic E-state index is 12.1. The standard InChI is InChI=1S/C9H20OS/c1-8(2,3)11(7,10)9(4,5)6/h7H2,1-6H3. The molecule has 0 atom stereocenters. The van der Waals surface area contributed by atoms with Crippen molar-refractivity contribution in [1.29, 1.82) is 0 Å². The Bertz CT molecular complexity index is 201. The highest BCUT2D eigenvalue weighted by Crippen LogP contribution is 2.27. The molecule has 0 aliphatic heterocycles. The lowest BCUT2D eigenvalue weighted by molar-refractivity contribution is 0.608. The summed E-state index contributed by atoms with van der Waals surface area (Å²) in [6.07, 6.45) is 0. The van der Waals surface area contributed by atoms with Gasteiger partial charge in [0, 0.05) is 9.49 Å². The van der Waals surface area contributed by atoms with Gasteiger partial charge < -0.3 is 0 Å². The SMILES string of the molecule is C=S(=O)(C(C)(C)C)C(C)(C)C. The Hall–Kier alpha value is 0.0200. The van der Waals surface area contributed by atoms with Crippen molar-refractivity contribution in [2.45, 2.75) is 51.0 Å². The quantitative estimate of drug-likeness (QED) is 0.518. The van der Waals surface area contributed by atoms with Crippen LogP contribution in [0.1, 0.15) is 41.5 Å². The maximum atomic E-state index is 12.1. The van der Waals surface area contributed by atoms with Crippen LogP contribution in [0.15, 0.2) is 0 Å². The maximum Gasteiger partial charge on any atom is 0.0304 e. The average molecular weight is 176 g/mol. The molecule has 0 bridgehead atoms. The predicted octanol–water partition coefficient (Wildman–Crippen LogP) is 2.30. The molecule has 0 amide bonds. The normalized spacial score (nSPS) is 15.1. The summed E-state index contributed by atoms with van der Waals surface area (Å²) in [5.74, 6) is 3.84. The van der Waals surface area contributed by atoms with Crippen LogP contribution in [0.5, 0.6) is 0 Å². The Morgan fingerprint density at radius 3 is 1.09 bits per heavy atom. The van der Waals surface area contributed by atoms with Crippen LogP contribution in [0.3, 0.4) is 0 Å². The highest BCUT2D eigenvalue weighted by Gasteiger charge is 2.33. The highest BCUT2D eigenvalue weighted by atomic mass is 32.2. The molecule has 0 N–H and O–H groups in total. The van der Waals surface area contributed by atoms with Gasteiger partial charge in [0.1, 0.15) is 0 Å². The molecule has 0 unspecified atom stereocenters. The molecule has 0 aliphatic rings. The molecule has 0 radical (unpaired) electrons. The second kappa shape index (κ2) is 2.51. The fourth-order valence-electron chi connectivity index (χ4n) is 0.919. The second-order valence-electron chi connectivity index (χ2n) is 4.90. The summed E-state index contributed by atoms with van der Waals surface area (Å²) in [6, 6.07) is 0. The molecule has 0 aromatic heterocycles. The van der Waals surface area contributed by atoms with Crippen molar-refractivity contribution in [3.63, 3.8) is 0 Å². The molecule has 0 aliphatic carbocycles. The Labute approximate surface area is 71.2 Å². The van der Waals surface area contributed by atoms with Crippen molar-refractivity contribution in [3.8, 4) is 0 Å². The summed E-state index contributed by atoms with van der Waals surface area (Å²) in [5, 5.41) is 0. The van der Waals surface area contributed by atoms with E-state index in [2.05, 4.69) is 5.87 Å². The molecule has 1 nitrogen and oxygen atoms in total. The zero-order chi connectivity index (χ0) is 9.50. The summed E-state index contributed by atoms with van der Waals surface area (Å²) in [6.45, 7) is 11.9. The third-order valence-corrected chi connectivity index (χ3v) is 5.94. The van der Waals surface area contributed by atoms with Crippen molar-refractivity contribution in [2.75, 3.05) is 0 Å². The first-order valence-corrected chi connectivity index (χ1v) is 5.59. The van der Waals surface area contributed by atoms with Gasteiger partial charge in [-0.15, -0.1) is 0 Å². The number of rotatable bonds is 0. The molecule has 0 aromatic rings. The van der Waals surface area contributed by atoms with Crippen molar-refractivity contribution in [1.82, 2.24) is 0 Å². The van der Waals surface area contributed by atoms with Gasteiger partial charge >= 0.3 is 0 Å². The fraction of sp³-hybridized carbons (Fsp3) is 0.889. The largest absolute Gasteiger partial charge is 0.267 e. The molecule has 0 spiro atoms. The van der Waals surface area contributed by atoms with Crippen LogP contribution in [0.25, 0.3) is 0 Å². The molecule has 0 fully saturated rings. The minimum atomic E-state index is -2.01. The van der Waals surface area contributed by atoms with E-state index in [1.807, 2.05) is 41.5 Å². The zero-order valence-corrected chi connectivity index (χ0v) is 9.34. The first-order chi connectivity index (χ1) is 4.50. The lowest BCUT2D eigenvalue weighted by Crippen LogP contribution is -2.41. The van der Waals surface area contributed by atoms with Gasteiger partial charge in [-0.2, -0.15) is 0 Å². The third kappa shape index (κ3) is 1.98. The Balaban J connectivity index is 5.11. The Morgan fingerprint density at radius 1 is 0.909 bits per heavy atom. The molecule has 0 saturated carbocycles. The van der Waals surface area contributed by atoms with Gasteiger partial charge in [0.15, 0.2) is 0 Å². The van der Waals surface area contributed by atoms with Crippen LogP contribution in [-0.2, 0) is 9.52 Å². The van der Waals surface area contributed by atoms with E-state index in [0.717, 1.165) is 0 Å². The van der Waals surface area contributed by atoms with E-state index in [9.17, 15) is 4.21 Å². The van der Waals surface area contributed by atoms with Crippen molar-refractivity contribution >= 4 is 15.4 Å². The van der Waals surface area contributed by atoms with E-state index in [4.69, 9.17) is 0 Å². The van der Waals surface area contributed by atoms with Crippen molar-refractivity contribution in [2.24, 2.45) is 0 Å². The van der Waals surface area contributed by atoms with Crippen LogP contribution >= 0.6 is 0 Å². The summed E-state index contributed by atoms with van der Waals surface area (Å²) < 4.78 is 11.7. The summed E-state index contributed by atoms with van der Waals surface area (Å²) >= 11 is 0. The summed E-state index contributed by atoms with van der Waals surface area (Å²) in [7, 11) is -2.01. The second-order valence-corrected chi connectivity index (χ2v) is 8.70. The first-order valence-electron chi connectivity index (χ1n) is 3.86. The van der Waals surface area contributed by atoms with Crippen LogP contribution in [-0.4, -0.2) is 19.6 Å². The molecule has 11 heavy (non-hydrogen) atoms. The van der Waals surface area contributed by atoms with E-state index in [1.165, 1.54) is 0 Å². The number of hydrogen-bond acceptors (Lipinski definition) is 1. The first kappa shape index (κ1) is 11.0. The van der Waals surface area contributed by atoms with E-state index < -0.39 is 9.52 Å². The Morgan fingerprint density at radius 2 is 1.09 bits per heavy atom. The minimum absolute atomic E-state index is 0.203. The van der Waals surface area contributed by atoms with Gasteiger partial charge in [0.25, 0.3) is 0 Å². The van der Waals surface area contributed by atoms with E-state index >= 15 is 0 Å². The summed E-state index contributed by atoms with van der Waals surface area (Å²) in [4.78, 5) is 0. The van der Waals surface area contributed by atoms with Gasteiger partial charge in [0.2, 0.25) is 0 Å². The van der Waals surface area contributed by atoms with Gasteiger partial charge in [-0.25, -0.2) is 0 Å². The van der Waals surface area contributed by atoms with Crippen LogP contribution < -0.4 is 0 Å². The van der Waals surface area contributed by atoms with Gasteiger partial charge in [0.05, 0.1) is 0 Å². The molecule has 0 heterocycles. The fourth-order valence-corrected chi connectivity index (χ4v) is 2.76. The van der Waals surface area contributed by atoms with Crippen molar-refractivity contribution < 1.29 is 4.21 Å². The van der Waals surface area contributed by atoms with Gasteiger partial charge in [-0.3, -0.25) is 4.21 Å². The predicted molar refractivity (Wildman–Crippen MR) is 54.8 cm³/mol. The van der Waals surface area contributed by atoms with E-state index in [0.29, 0.717) is 0 Å². The van der Waals surface area contributed by atoms with E-state index in [-0.39, 0.29) is 9.49 Å². The van der Waals surface area contributed by atoms with Crippen LogP contribution in [0.4, 0.5) is 0 Å². The lowest BCUT2D eigenvalue weighted by atomic mass is 10.2. The lowest BCUT2D eigenvalue weighted by Gasteiger charge is -2.34. The highest BCUT2D eigenvalue weighted by molar-refractivity contribution is 8.02. The molecule has 2 heteroatoms. The zero-order valence-electron chi connectivity index (χ0n) is 8.52. The van der Waals surface area contributed by atoms with Crippen molar-refractivity contribution in [3.05, 3.63) is 0 Å². The molecule has 0 rings (SSSR count). The van der Waals surface area contributed by atoms with E-state index in [1.54, 1.807) is 0 Å². The average Bonchev–Trinajstić information content (AvgIpc) is 1.58. The monoisotopic (exact) mass is 176 g/mol. The molecule has 0 aromatic carbocycles. The number of hydrogen-bond donors (Lipinski definition) is 0. The smallest absolute Gasteiger partial charge is 0.0304 e. The topological polar surface area (TPSA) is 17.1 Å². The summed E-state index contributed by atoms with van der Waals surface area (Å²) in [5.41, 5.74) is 0. The van der Waals surface area contributed by atoms with Crippen LogP contribution in [0, 0.1) is 0 Å². The van der Waals surface area contributed by atoms with Gasteiger partial charge in [-0.05, 0) is 56.9 Å². The Kier molecular flexibility index (Phi) is 2.52. The van der Waals surface area contributed by atoms with Gasteiger partial charge in [-0.1, -0.05) is 0 Å². The molecular weight excluding hydrogens is 156 g/mol.